The number of carbonyl (C=O) groups excluding carboxylic acids is 1. The van der Waals surface area contributed by atoms with Crippen LogP contribution in [0.4, 0.5) is 5.13 Å². The second-order valence-electron chi connectivity index (χ2n) is 7.22. The minimum atomic E-state index is -0.905. The summed E-state index contributed by atoms with van der Waals surface area (Å²) >= 11 is 1.48. The van der Waals surface area contributed by atoms with E-state index in [0.29, 0.717) is 11.0 Å². The van der Waals surface area contributed by atoms with Crippen LogP contribution in [0.3, 0.4) is 0 Å². The Kier molecular flexibility index (Phi) is 5.92. The van der Waals surface area contributed by atoms with Crippen LogP contribution in [-0.4, -0.2) is 45.5 Å². The van der Waals surface area contributed by atoms with E-state index in [4.69, 9.17) is 0 Å². The van der Waals surface area contributed by atoms with E-state index >= 15 is 0 Å². The van der Waals surface area contributed by atoms with Gasteiger partial charge in [0.1, 0.15) is 6.04 Å². The van der Waals surface area contributed by atoms with Gasteiger partial charge in [0, 0.05) is 16.5 Å². The first-order chi connectivity index (χ1) is 12.9. The highest BCUT2D eigenvalue weighted by Gasteiger charge is 2.36. The van der Waals surface area contributed by atoms with Crippen molar-refractivity contribution in [2.24, 2.45) is 0 Å². The standard InChI is InChI=1S/C20H25N3O3S/c1-12(2)18-17(14-7-5-4-6-8-14)22-20(27-18)21-16(24)11-23(15-9-10-15)13(3)19(25)26/h4-8,12-13,15H,9-11H2,1-3H3,(H,25,26)(H,21,22,24). The third kappa shape index (κ3) is 4.73. The minimum Gasteiger partial charge on any atom is -0.480 e. The molecule has 0 saturated heterocycles. The lowest BCUT2D eigenvalue weighted by Gasteiger charge is -2.25. The van der Waals surface area contributed by atoms with Crippen LogP contribution in [0.2, 0.25) is 0 Å². The Bertz CT molecular complexity index is 815. The van der Waals surface area contributed by atoms with Gasteiger partial charge in [0.05, 0.1) is 12.2 Å². The highest BCUT2D eigenvalue weighted by molar-refractivity contribution is 7.16. The van der Waals surface area contributed by atoms with Gasteiger partial charge in [0.25, 0.3) is 0 Å². The zero-order chi connectivity index (χ0) is 19.6. The van der Waals surface area contributed by atoms with Crippen LogP contribution in [0.1, 0.15) is 44.4 Å². The molecule has 1 heterocycles. The number of thiazole rings is 1. The van der Waals surface area contributed by atoms with Gasteiger partial charge in [-0.3, -0.25) is 14.5 Å². The first-order valence-corrected chi connectivity index (χ1v) is 10.0. The van der Waals surface area contributed by atoms with Crippen molar-refractivity contribution in [2.75, 3.05) is 11.9 Å². The molecule has 144 valence electrons. The van der Waals surface area contributed by atoms with Crippen LogP contribution in [-0.2, 0) is 9.59 Å². The summed E-state index contributed by atoms with van der Waals surface area (Å²) in [7, 11) is 0. The molecule has 1 aromatic heterocycles. The summed E-state index contributed by atoms with van der Waals surface area (Å²) in [6.07, 6.45) is 1.88. The van der Waals surface area contributed by atoms with E-state index in [1.165, 1.54) is 11.3 Å². The van der Waals surface area contributed by atoms with Gasteiger partial charge in [0.15, 0.2) is 5.13 Å². The van der Waals surface area contributed by atoms with Crippen LogP contribution < -0.4 is 5.32 Å². The number of nitrogens with one attached hydrogen (secondary N) is 1. The fraction of sp³-hybridized carbons (Fsp3) is 0.450. The van der Waals surface area contributed by atoms with Gasteiger partial charge in [-0.2, -0.15) is 0 Å². The van der Waals surface area contributed by atoms with Gasteiger partial charge in [-0.1, -0.05) is 44.2 Å². The lowest BCUT2D eigenvalue weighted by Crippen LogP contribution is -2.44. The van der Waals surface area contributed by atoms with E-state index in [9.17, 15) is 14.7 Å². The van der Waals surface area contributed by atoms with E-state index in [-0.39, 0.29) is 18.5 Å². The number of nitrogens with zero attached hydrogens (tertiary/aromatic N) is 2. The molecule has 1 aliphatic rings. The van der Waals surface area contributed by atoms with Crippen molar-refractivity contribution in [1.29, 1.82) is 0 Å². The maximum Gasteiger partial charge on any atom is 0.320 e. The molecule has 1 amide bonds. The average molecular weight is 388 g/mol. The van der Waals surface area contributed by atoms with Gasteiger partial charge in [-0.25, -0.2) is 4.98 Å². The number of hydrogen-bond donors (Lipinski definition) is 2. The smallest absolute Gasteiger partial charge is 0.320 e. The molecule has 1 aliphatic carbocycles. The monoisotopic (exact) mass is 387 g/mol. The molecule has 1 aromatic carbocycles. The number of aliphatic carboxylic acids is 1. The minimum absolute atomic E-state index is 0.0649. The van der Waals surface area contributed by atoms with Crippen molar-refractivity contribution in [3.63, 3.8) is 0 Å². The number of carboxylic acids is 1. The first kappa shape index (κ1) is 19.5. The van der Waals surface area contributed by atoms with Crippen molar-refractivity contribution in [3.05, 3.63) is 35.2 Å². The summed E-state index contributed by atoms with van der Waals surface area (Å²) in [6, 6.07) is 9.43. The molecule has 1 saturated carbocycles. The molecule has 7 heteroatoms. The van der Waals surface area contributed by atoms with Crippen molar-refractivity contribution >= 4 is 28.3 Å². The summed E-state index contributed by atoms with van der Waals surface area (Å²) in [4.78, 5) is 31.4. The lowest BCUT2D eigenvalue weighted by atomic mass is 10.1. The highest BCUT2D eigenvalue weighted by atomic mass is 32.1. The van der Waals surface area contributed by atoms with Gasteiger partial charge in [-0.05, 0) is 25.7 Å². The van der Waals surface area contributed by atoms with E-state index in [1.54, 1.807) is 11.8 Å². The van der Waals surface area contributed by atoms with Crippen molar-refractivity contribution in [3.8, 4) is 11.3 Å². The molecule has 1 atom stereocenters. The number of carboxylic acid groups (broad SMARTS) is 1. The molecule has 0 aliphatic heterocycles. The molecule has 0 bridgehead atoms. The molecule has 0 radical (unpaired) electrons. The van der Waals surface area contributed by atoms with E-state index in [2.05, 4.69) is 24.1 Å². The number of rotatable bonds is 8. The zero-order valence-corrected chi connectivity index (χ0v) is 16.6. The number of aromatic nitrogens is 1. The third-order valence-corrected chi connectivity index (χ3v) is 5.94. The molecule has 1 unspecified atom stereocenters. The Morgan fingerprint density at radius 3 is 2.48 bits per heavy atom. The molecule has 27 heavy (non-hydrogen) atoms. The fourth-order valence-corrected chi connectivity index (χ4v) is 4.04. The van der Waals surface area contributed by atoms with E-state index in [0.717, 1.165) is 29.0 Å². The van der Waals surface area contributed by atoms with Crippen LogP contribution in [0.5, 0.6) is 0 Å². The van der Waals surface area contributed by atoms with Crippen LogP contribution in [0, 0.1) is 0 Å². The number of hydrogen-bond acceptors (Lipinski definition) is 5. The highest BCUT2D eigenvalue weighted by Crippen LogP contribution is 2.36. The summed E-state index contributed by atoms with van der Waals surface area (Å²) < 4.78 is 0. The topological polar surface area (TPSA) is 82.5 Å². The normalized spacial score (nSPS) is 15.1. The Hall–Kier alpha value is -2.25. The Labute approximate surface area is 163 Å². The fourth-order valence-electron chi connectivity index (χ4n) is 3.03. The summed E-state index contributed by atoms with van der Waals surface area (Å²) in [5.41, 5.74) is 1.92. The molecule has 2 aromatic rings. The molecular formula is C20H25N3O3S. The van der Waals surface area contributed by atoms with Crippen molar-refractivity contribution in [1.82, 2.24) is 9.88 Å². The first-order valence-electron chi connectivity index (χ1n) is 9.21. The molecule has 3 rings (SSSR count). The van der Waals surface area contributed by atoms with Crippen LogP contribution in [0.15, 0.2) is 30.3 Å². The van der Waals surface area contributed by atoms with Crippen LogP contribution in [0.25, 0.3) is 11.3 Å². The average Bonchev–Trinajstić information content (AvgIpc) is 3.39. The quantitative estimate of drug-likeness (QED) is 0.720. The second kappa shape index (κ2) is 8.19. The van der Waals surface area contributed by atoms with Crippen LogP contribution >= 0.6 is 11.3 Å². The zero-order valence-electron chi connectivity index (χ0n) is 15.8. The van der Waals surface area contributed by atoms with Crippen molar-refractivity contribution in [2.45, 2.75) is 51.6 Å². The molecule has 0 spiro atoms. The summed E-state index contributed by atoms with van der Waals surface area (Å²) in [6.45, 7) is 5.90. The van der Waals surface area contributed by atoms with Gasteiger partial charge < -0.3 is 10.4 Å². The Balaban J connectivity index is 1.75. The number of benzene rings is 1. The van der Waals surface area contributed by atoms with Crippen molar-refractivity contribution < 1.29 is 14.7 Å². The van der Waals surface area contributed by atoms with E-state index in [1.807, 2.05) is 30.3 Å². The molecule has 6 nitrogen and oxygen atoms in total. The molecule has 2 N–H and O–H groups in total. The van der Waals surface area contributed by atoms with Gasteiger partial charge >= 0.3 is 5.97 Å². The summed E-state index contributed by atoms with van der Waals surface area (Å²) in [5.74, 6) is -0.838. The maximum absolute atomic E-state index is 12.5. The molecule has 1 fully saturated rings. The number of amides is 1. The Morgan fingerprint density at radius 1 is 1.26 bits per heavy atom. The number of carbonyl (C=O) groups is 2. The predicted molar refractivity (Wildman–Crippen MR) is 107 cm³/mol. The Morgan fingerprint density at radius 2 is 1.93 bits per heavy atom. The summed E-state index contributed by atoms with van der Waals surface area (Å²) in [5, 5.41) is 12.7. The van der Waals surface area contributed by atoms with Gasteiger partial charge in [0.2, 0.25) is 5.91 Å². The molecular weight excluding hydrogens is 362 g/mol. The van der Waals surface area contributed by atoms with E-state index < -0.39 is 12.0 Å². The number of anilines is 1. The second-order valence-corrected chi connectivity index (χ2v) is 8.25. The van der Waals surface area contributed by atoms with Gasteiger partial charge in [-0.15, -0.1) is 11.3 Å². The lowest BCUT2D eigenvalue weighted by molar-refractivity contribution is -0.143. The predicted octanol–water partition coefficient (Wildman–Crippen LogP) is 3.81. The third-order valence-electron chi connectivity index (χ3n) is 4.67. The largest absolute Gasteiger partial charge is 0.480 e. The SMILES string of the molecule is CC(C)c1sc(NC(=O)CN(C2CC2)C(C)C(=O)O)nc1-c1ccccc1. The maximum atomic E-state index is 12.5.